The molecule has 106 valence electrons. The number of hydrogen-bond donors (Lipinski definition) is 2. The van der Waals surface area contributed by atoms with Crippen LogP contribution in [0.2, 0.25) is 0 Å². The molecule has 0 bridgehead atoms. The lowest BCUT2D eigenvalue weighted by Crippen LogP contribution is -2.52. The number of carbonyl (C=O) groups excluding carboxylic acids is 1. The molecule has 0 aliphatic heterocycles. The van der Waals surface area contributed by atoms with Gasteiger partial charge in [-0.25, -0.2) is 9.52 Å². The van der Waals surface area contributed by atoms with E-state index in [0.29, 0.717) is 0 Å². The summed E-state index contributed by atoms with van der Waals surface area (Å²) in [7, 11) is -3.94. The van der Waals surface area contributed by atoms with Gasteiger partial charge in [-0.15, -0.1) is 0 Å². The van der Waals surface area contributed by atoms with Crippen molar-refractivity contribution in [1.82, 2.24) is 9.03 Å². The molecule has 0 unspecified atom stereocenters. The molecule has 7 nitrogen and oxygen atoms in total. The summed E-state index contributed by atoms with van der Waals surface area (Å²) in [4.78, 5) is 11.3. The number of aliphatic hydroxyl groups is 1. The topological polar surface area (TPSA) is 95.9 Å². The summed E-state index contributed by atoms with van der Waals surface area (Å²) in [5.74, 6) is 0. The van der Waals surface area contributed by atoms with E-state index in [1.807, 2.05) is 4.72 Å². The number of hydrogen-bond acceptors (Lipinski definition) is 5. The van der Waals surface area contributed by atoms with Crippen LogP contribution in [0, 0.1) is 0 Å². The molecule has 0 aromatic rings. The zero-order valence-corrected chi connectivity index (χ0v) is 11.4. The largest absolute Gasteiger partial charge is 0.446 e. The fourth-order valence-electron chi connectivity index (χ4n) is 1.67. The molecule has 0 radical (unpaired) electrons. The Kier molecular flexibility index (Phi) is 5.36. The van der Waals surface area contributed by atoms with Crippen LogP contribution < -0.4 is 4.72 Å². The van der Waals surface area contributed by atoms with E-state index in [1.54, 1.807) is 13.8 Å². The van der Waals surface area contributed by atoms with Crippen LogP contribution >= 0.6 is 0 Å². The van der Waals surface area contributed by atoms with Crippen molar-refractivity contribution < 1.29 is 23.1 Å². The van der Waals surface area contributed by atoms with E-state index in [9.17, 15) is 13.2 Å². The smallest absolute Gasteiger partial charge is 0.422 e. The van der Waals surface area contributed by atoms with Crippen LogP contribution in [-0.2, 0) is 14.9 Å². The Bertz CT molecular complexity index is 378. The van der Waals surface area contributed by atoms with Crippen molar-refractivity contribution >= 4 is 16.3 Å². The minimum Gasteiger partial charge on any atom is -0.446 e. The maximum Gasteiger partial charge on any atom is 0.422 e. The first-order valence-electron chi connectivity index (χ1n) is 5.98. The monoisotopic (exact) mass is 280 g/mol. The molecule has 1 amide bonds. The molecule has 0 aromatic carbocycles. The first-order valence-corrected chi connectivity index (χ1v) is 7.42. The summed E-state index contributed by atoms with van der Waals surface area (Å²) in [5, 5.41) is 8.90. The lowest BCUT2D eigenvalue weighted by atomic mass is 9.93. The average Bonchev–Trinajstić information content (AvgIpc) is 2.11. The van der Waals surface area contributed by atoms with Crippen molar-refractivity contribution in [2.24, 2.45) is 0 Å². The fraction of sp³-hybridized carbons (Fsp3) is 0.900. The van der Waals surface area contributed by atoms with Crippen molar-refractivity contribution in [3.63, 3.8) is 0 Å². The Labute approximate surface area is 107 Å². The highest BCUT2D eigenvalue weighted by atomic mass is 32.2. The number of ether oxygens (including phenoxy) is 1. The Morgan fingerprint density at radius 3 is 2.50 bits per heavy atom. The molecule has 0 saturated heterocycles. The molecule has 0 aromatic heterocycles. The highest BCUT2D eigenvalue weighted by Crippen LogP contribution is 2.26. The summed E-state index contributed by atoms with van der Waals surface area (Å²) in [5.41, 5.74) is 0. The molecule has 0 spiro atoms. The Balaban J connectivity index is 2.66. The van der Waals surface area contributed by atoms with Gasteiger partial charge >= 0.3 is 16.3 Å². The van der Waals surface area contributed by atoms with E-state index in [-0.39, 0.29) is 19.2 Å². The number of rotatable bonds is 6. The molecule has 1 rings (SSSR count). The van der Waals surface area contributed by atoms with Crippen molar-refractivity contribution in [3.8, 4) is 0 Å². The van der Waals surface area contributed by atoms with Crippen LogP contribution in [0.15, 0.2) is 0 Å². The van der Waals surface area contributed by atoms with E-state index in [0.717, 1.165) is 23.6 Å². The van der Waals surface area contributed by atoms with E-state index in [1.165, 1.54) is 0 Å². The standard InChI is InChI=1S/C10H20N2O5S/c1-8(2)17-10(14)11-18(15,16)12(6-7-13)9-4-3-5-9/h8-9,13H,3-7H2,1-2H3,(H,11,14). The number of nitrogens with one attached hydrogen (secondary N) is 1. The first kappa shape index (κ1) is 15.2. The third kappa shape index (κ3) is 4.11. The van der Waals surface area contributed by atoms with Gasteiger partial charge in [-0.1, -0.05) is 6.42 Å². The van der Waals surface area contributed by atoms with Gasteiger partial charge in [0.1, 0.15) is 0 Å². The number of carbonyl (C=O) groups is 1. The van der Waals surface area contributed by atoms with Gasteiger partial charge < -0.3 is 9.84 Å². The summed E-state index contributed by atoms with van der Waals surface area (Å²) >= 11 is 0. The van der Waals surface area contributed by atoms with Crippen molar-refractivity contribution in [2.75, 3.05) is 13.2 Å². The Morgan fingerprint density at radius 1 is 1.50 bits per heavy atom. The summed E-state index contributed by atoms with van der Waals surface area (Å²) in [6.07, 6.45) is 1.07. The Morgan fingerprint density at radius 2 is 2.11 bits per heavy atom. The molecular formula is C10H20N2O5S. The Hall–Kier alpha value is -0.860. The van der Waals surface area contributed by atoms with Crippen molar-refractivity contribution in [1.29, 1.82) is 0 Å². The van der Waals surface area contributed by atoms with Crippen LogP contribution in [0.1, 0.15) is 33.1 Å². The van der Waals surface area contributed by atoms with E-state index in [4.69, 9.17) is 9.84 Å². The fourth-order valence-corrected chi connectivity index (χ4v) is 2.98. The third-order valence-corrected chi connectivity index (χ3v) is 4.19. The molecule has 1 aliphatic rings. The predicted molar refractivity (Wildman–Crippen MR) is 65.1 cm³/mol. The first-order chi connectivity index (χ1) is 8.36. The maximum absolute atomic E-state index is 11.9. The molecule has 1 aliphatic carbocycles. The molecule has 0 atom stereocenters. The lowest BCUT2D eigenvalue weighted by Gasteiger charge is -2.35. The molecule has 2 N–H and O–H groups in total. The van der Waals surface area contributed by atoms with E-state index >= 15 is 0 Å². The van der Waals surface area contributed by atoms with Crippen LogP contribution in [0.3, 0.4) is 0 Å². The van der Waals surface area contributed by atoms with Crippen molar-refractivity contribution in [2.45, 2.75) is 45.3 Å². The van der Waals surface area contributed by atoms with Gasteiger partial charge in [0.15, 0.2) is 0 Å². The minimum atomic E-state index is -3.94. The van der Waals surface area contributed by atoms with Gasteiger partial charge in [-0.3, -0.25) is 0 Å². The van der Waals surface area contributed by atoms with Gasteiger partial charge in [0.05, 0.1) is 12.7 Å². The average molecular weight is 280 g/mol. The van der Waals surface area contributed by atoms with Gasteiger partial charge in [0.25, 0.3) is 0 Å². The summed E-state index contributed by atoms with van der Waals surface area (Å²) < 4.78 is 31.6. The zero-order valence-electron chi connectivity index (χ0n) is 10.6. The number of nitrogens with zero attached hydrogens (tertiary/aromatic N) is 1. The third-order valence-electron chi connectivity index (χ3n) is 2.67. The highest BCUT2D eigenvalue weighted by Gasteiger charge is 2.34. The quantitative estimate of drug-likeness (QED) is 0.725. The van der Waals surface area contributed by atoms with Crippen LogP contribution in [0.5, 0.6) is 0 Å². The van der Waals surface area contributed by atoms with E-state index in [2.05, 4.69) is 0 Å². The normalized spacial score (nSPS) is 16.7. The molecule has 1 fully saturated rings. The van der Waals surface area contributed by atoms with Gasteiger partial charge in [0.2, 0.25) is 0 Å². The van der Waals surface area contributed by atoms with Crippen molar-refractivity contribution in [3.05, 3.63) is 0 Å². The molecule has 18 heavy (non-hydrogen) atoms. The molecule has 8 heteroatoms. The number of aliphatic hydroxyl groups excluding tert-OH is 1. The SMILES string of the molecule is CC(C)OC(=O)NS(=O)(=O)N(CCO)C1CCC1. The van der Waals surface area contributed by atoms with Crippen LogP contribution in [-0.4, -0.2) is 49.2 Å². The highest BCUT2D eigenvalue weighted by molar-refractivity contribution is 7.87. The molecule has 0 heterocycles. The predicted octanol–water partition coefficient (Wildman–Crippen LogP) is 0.213. The molecule has 1 saturated carbocycles. The molecular weight excluding hydrogens is 260 g/mol. The maximum atomic E-state index is 11.9. The summed E-state index contributed by atoms with van der Waals surface area (Å²) in [6.45, 7) is 2.96. The van der Waals surface area contributed by atoms with Gasteiger partial charge in [-0.05, 0) is 26.7 Å². The lowest BCUT2D eigenvalue weighted by molar-refractivity contribution is 0.119. The van der Waals surface area contributed by atoms with E-state index < -0.39 is 22.4 Å². The second kappa shape index (κ2) is 6.35. The van der Waals surface area contributed by atoms with Gasteiger partial charge in [-0.2, -0.15) is 12.7 Å². The van der Waals surface area contributed by atoms with Gasteiger partial charge in [0, 0.05) is 12.6 Å². The number of amides is 1. The summed E-state index contributed by atoms with van der Waals surface area (Å²) in [6, 6.07) is -0.138. The van der Waals surface area contributed by atoms with Crippen LogP contribution in [0.4, 0.5) is 4.79 Å². The minimum absolute atomic E-state index is 0.0189. The van der Waals surface area contributed by atoms with Crippen LogP contribution in [0.25, 0.3) is 0 Å². The zero-order chi connectivity index (χ0) is 13.8. The second-order valence-corrected chi connectivity index (χ2v) is 6.10. The second-order valence-electron chi connectivity index (χ2n) is 4.48.